The van der Waals surface area contributed by atoms with Crippen molar-refractivity contribution in [3.05, 3.63) is 45.8 Å². The van der Waals surface area contributed by atoms with Crippen LogP contribution in [0, 0.1) is 5.41 Å². The zero-order valence-corrected chi connectivity index (χ0v) is 16.2. The minimum absolute atomic E-state index is 0.0695. The Morgan fingerprint density at radius 1 is 1.42 bits per heavy atom. The number of rotatable bonds is 4. The number of hydrogen-bond acceptors (Lipinski definition) is 5. The molecule has 1 aromatic carbocycles. The van der Waals surface area contributed by atoms with Gasteiger partial charge in [-0.2, -0.15) is 0 Å². The molecule has 0 radical (unpaired) electrons. The van der Waals surface area contributed by atoms with Gasteiger partial charge in [0.15, 0.2) is 17.2 Å². The van der Waals surface area contributed by atoms with Crippen LogP contribution < -0.4 is 10.5 Å². The predicted molar refractivity (Wildman–Crippen MR) is 99.6 cm³/mol. The van der Waals surface area contributed by atoms with Crippen molar-refractivity contribution in [3.63, 3.8) is 0 Å². The summed E-state index contributed by atoms with van der Waals surface area (Å²) < 4.78 is 10.8. The third-order valence-corrected chi connectivity index (χ3v) is 5.25. The zero-order chi connectivity index (χ0) is 18.9. The van der Waals surface area contributed by atoms with Crippen LogP contribution in [0.3, 0.4) is 0 Å². The van der Waals surface area contributed by atoms with E-state index in [0.717, 1.165) is 6.42 Å². The van der Waals surface area contributed by atoms with Crippen molar-refractivity contribution in [2.45, 2.75) is 32.9 Å². The van der Waals surface area contributed by atoms with Gasteiger partial charge in [-0.05, 0) is 24.0 Å². The van der Waals surface area contributed by atoms with Crippen LogP contribution in [0.25, 0.3) is 0 Å². The first-order valence-electron chi connectivity index (χ1n) is 8.35. The maximum atomic E-state index is 12.7. The standard InChI is InChI=1S/C18H21Cl2N3O3/c1-18(2)10-23(7-6-15(18)21)17(24)14-8-11(26-22-14)9-25-16-12(19)4-3-5-13(16)20/h3-5,8,15H,6-7,9-10,21H2,1-2H3. The summed E-state index contributed by atoms with van der Waals surface area (Å²) in [6.45, 7) is 5.39. The molecular weight excluding hydrogens is 377 g/mol. The van der Waals surface area contributed by atoms with Crippen LogP contribution in [-0.2, 0) is 6.61 Å². The lowest BCUT2D eigenvalue weighted by Crippen LogP contribution is -2.54. The Bertz CT molecular complexity index is 786. The summed E-state index contributed by atoms with van der Waals surface area (Å²) in [6, 6.07) is 6.75. The van der Waals surface area contributed by atoms with Gasteiger partial charge in [0.2, 0.25) is 0 Å². The molecule has 0 aliphatic carbocycles. The second-order valence-corrected chi connectivity index (χ2v) is 7.94. The number of nitrogens with two attached hydrogens (primary N) is 1. The summed E-state index contributed by atoms with van der Waals surface area (Å²) in [5, 5.41) is 4.68. The number of para-hydroxylation sites is 1. The monoisotopic (exact) mass is 397 g/mol. The van der Waals surface area contributed by atoms with E-state index in [1.54, 1.807) is 29.2 Å². The third-order valence-electron chi connectivity index (χ3n) is 4.66. The Kier molecular flexibility index (Phi) is 5.46. The van der Waals surface area contributed by atoms with E-state index in [9.17, 15) is 4.79 Å². The van der Waals surface area contributed by atoms with Crippen LogP contribution in [0.2, 0.25) is 10.0 Å². The first-order valence-corrected chi connectivity index (χ1v) is 9.11. The molecule has 1 aromatic heterocycles. The molecule has 1 aliphatic rings. The first-order chi connectivity index (χ1) is 12.3. The minimum atomic E-state index is -0.171. The second-order valence-electron chi connectivity index (χ2n) is 7.13. The van der Waals surface area contributed by atoms with Gasteiger partial charge in [-0.3, -0.25) is 4.79 Å². The summed E-state index contributed by atoms with van der Waals surface area (Å²) in [5.41, 5.74) is 6.24. The van der Waals surface area contributed by atoms with Crippen LogP contribution in [0.4, 0.5) is 0 Å². The summed E-state index contributed by atoms with van der Waals surface area (Å²) in [4.78, 5) is 14.4. The predicted octanol–water partition coefficient (Wildman–Crippen LogP) is 3.76. The van der Waals surface area contributed by atoms with Gasteiger partial charge >= 0.3 is 0 Å². The molecule has 26 heavy (non-hydrogen) atoms. The van der Waals surface area contributed by atoms with Crippen molar-refractivity contribution in [1.29, 1.82) is 0 Å². The van der Waals surface area contributed by atoms with Gasteiger partial charge in [-0.25, -0.2) is 0 Å². The molecule has 8 heteroatoms. The summed E-state index contributed by atoms with van der Waals surface area (Å²) in [5.74, 6) is 0.611. The molecule has 6 nitrogen and oxygen atoms in total. The molecule has 2 aromatic rings. The number of ether oxygens (including phenoxy) is 1. The number of aromatic nitrogens is 1. The third kappa shape index (κ3) is 3.98. The highest BCUT2D eigenvalue weighted by molar-refractivity contribution is 6.37. The van der Waals surface area contributed by atoms with E-state index < -0.39 is 0 Å². The van der Waals surface area contributed by atoms with E-state index in [1.165, 1.54) is 0 Å². The fourth-order valence-corrected chi connectivity index (χ4v) is 3.46. The van der Waals surface area contributed by atoms with E-state index in [0.29, 0.717) is 34.6 Å². The number of carbonyl (C=O) groups is 1. The zero-order valence-electron chi connectivity index (χ0n) is 14.7. The Hall–Kier alpha value is -1.76. The average molecular weight is 398 g/mol. The Morgan fingerprint density at radius 2 is 2.12 bits per heavy atom. The van der Waals surface area contributed by atoms with Crippen molar-refractivity contribution >= 4 is 29.1 Å². The van der Waals surface area contributed by atoms with Crippen molar-refractivity contribution in [2.24, 2.45) is 11.1 Å². The highest BCUT2D eigenvalue weighted by atomic mass is 35.5. The molecule has 1 fully saturated rings. The molecule has 2 heterocycles. The molecule has 3 rings (SSSR count). The van der Waals surface area contributed by atoms with Crippen LogP contribution in [0.15, 0.2) is 28.8 Å². The van der Waals surface area contributed by atoms with Crippen molar-refractivity contribution < 1.29 is 14.1 Å². The highest BCUT2D eigenvalue weighted by Crippen LogP contribution is 2.33. The van der Waals surface area contributed by atoms with Crippen LogP contribution in [0.1, 0.15) is 36.5 Å². The lowest BCUT2D eigenvalue weighted by molar-refractivity contribution is 0.0523. The SMILES string of the molecule is CC1(C)CN(C(=O)c2cc(COc3c(Cl)cccc3Cl)on2)CCC1N. The van der Waals surface area contributed by atoms with Crippen molar-refractivity contribution in [3.8, 4) is 5.75 Å². The summed E-state index contributed by atoms with van der Waals surface area (Å²) >= 11 is 12.1. The van der Waals surface area contributed by atoms with Gasteiger partial charge < -0.3 is 19.9 Å². The maximum Gasteiger partial charge on any atom is 0.276 e. The Morgan fingerprint density at radius 3 is 2.77 bits per heavy atom. The van der Waals surface area contributed by atoms with Crippen LogP contribution in [0.5, 0.6) is 5.75 Å². The van der Waals surface area contributed by atoms with Crippen molar-refractivity contribution in [2.75, 3.05) is 13.1 Å². The molecule has 1 atom stereocenters. The van der Waals surface area contributed by atoms with E-state index in [-0.39, 0.29) is 29.7 Å². The van der Waals surface area contributed by atoms with Gasteiger partial charge in [0.1, 0.15) is 6.61 Å². The number of carbonyl (C=O) groups excluding carboxylic acids is 1. The van der Waals surface area contributed by atoms with Crippen LogP contribution >= 0.6 is 23.2 Å². The summed E-state index contributed by atoms with van der Waals surface area (Å²) in [6.07, 6.45) is 0.761. The maximum absolute atomic E-state index is 12.7. The second kappa shape index (κ2) is 7.47. The molecule has 2 N–H and O–H groups in total. The van der Waals surface area contributed by atoms with E-state index in [2.05, 4.69) is 19.0 Å². The number of amides is 1. The Labute approximate surface area is 162 Å². The fraction of sp³-hybridized carbons (Fsp3) is 0.444. The lowest BCUT2D eigenvalue weighted by atomic mass is 9.79. The average Bonchev–Trinajstić information content (AvgIpc) is 3.05. The summed E-state index contributed by atoms with van der Waals surface area (Å²) in [7, 11) is 0. The number of hydrogen-bond donors (Lipinski definition) is 1. The molecule has 1 saturated heterocycles. The minimum Gasteiger partial charge on any atom is -0.482 e. The van der Waals surface area contributed by atoms with Gasteiger partial charge in [-0.1, -0.05) is 48.3 Å². The normalized spacial score (nSPS) is 19.4. The molecular formula is C18H21Cl2N3O3. The quantitative estimate of drug-likeness (QED) is 0.848. The number of nitrogens with zero attached hydrogens (tertiary/aromatic N) is 2. The molecule has 1 amide bonds. The Balaban J connectivity index is 1.65. The molecule has 0 saturated carbocycles. The topological polar surface area (TPSA) is 81.6 Å². The number of likely N-dealkylation sites (tertiary alicyclic amines) is 1. The van der Waals surface area contributed by atoms with Gasteiger partial charge in [0, 0.05) is 25.2 Å². The number of piperidine rings is 1. The van der Waals surface area contributed by atoms with Crippen molar-refractivity contribution in [1.82, 2.24) is 10.1 Å². The van der Waals surface area contributed by atoms with E-state index in [1.807, 2.05) is 0 Å². The molecule has 0 bridgehead atoms. The fourth-order valence-electron chi connectivity index (χ4n) is 2.95. The van der Waals surface area contributed by atoms with E-state index in [4.69, 9.17) is 38.2 Å². The lowest BCUT2D eigenvalue weighted by Gasteiger charge is -2.42. The highest BCUT2D eigenvalue weighted by Gasteiger charge is 2.36. The molecule has 140 valence electrons. The molecule has 0 spiro atoms. The molecule has 1 unspecified atom stereocenters. The smallest absolute Gasteiger partial charge is 0.276 e. The largest absolute Gasteiger partial charge is 0.482 e. The van der Waals surface area contributed by atoms with Gasteiger partial charge in [0.25, 0.3) is 5.91 Å². The first kappa shape index (κ1) is 19.0. The van der Waals surface area contributed by atoms with Gasteiger partial charge in [0.05, 0.1) is 10.0 Å². The molecule has 1 aliphatic heterocycles. The van der Waals surface area contributed by atoms with Gasteiger partial charge in [-0.15, -0.1) is 0 Å². The number of halogens is 2. The number of benzene rings is 1. The van der Waals surface area contributed by atoms with Crippen LogP contribution in [-0.4, -0.2) is 35.1 Å². The van der Waals surface area contributed by atoms with E-state index >= 15 is 0 Å².